The molecule has 0 fully saturated rings. The fourth-order valence-corrected chi connectivity index (χ4v) is 2.60. The molecule has 94 valence electrons. The van der Waals surface area contributed by atoms with Crippen molar-refractivity contribution in [3.05, 3.63) is 56.6 Å². The van der Waals surface area contributed by atoms with Crippen LogP contribution in [-0.4, -0.2) is 7.05 Å². The van der Waals surface area contributed by atoms with Crippen LogP contribution in [0.1, 0.15) is 5.56 Å². The van der Waals surface area contributed by atoms with E-state index < -0.39 is 0 Å². The molecule has 0 radical (unpaired) electrons. The molecule has 0 aliphatic carbocycles. The summed E-state index contributed by atoms with van der Waals surface area (Å²) in [6.07, 6.45) is 0. The summed E-state index contributed by atoms with van der Waals surface area (Å²) in [5, 5.41) is 0.761. The van der Waals surface area contributed by atoms with Crippen LogP contribution >= 0.6 is 34.2 Å². The van der Waals surface area contributed by atoms with Crippen molar-refractivity contribution in [2.24, 2.45) is 0 Å². The smallest absolute Gasteiger partial charge is 0.0601 e. The number of hydrogen-bond acceptors (Lipinski definition) is 2. The maximum absolute atomic E-state index is 6.03. The SMILES string of the molecule is CN(Cc1cccc(Cl)c1)c1ccc(I)cc1N. The van der Waals surface area contributed by atoms with Crippen LogP contribution in [0.4, 0.5) is 11.4 Å². The van der Waals surface area contributed by atoms with Crippen LogP contribution in [0.3, 0.4) is 0 Å². The van der Waals surface area contributed by atoms with Crippen LogP contribution in [-0.2, 0) is 6.54 Å². The number of hydrogen-bond donors (Lipinski definition) is 1. The van der Waals surface area contributed by atoms with E-state index in [1.54, 1.807) is 0 Å². The molecular formula is C14H14ClIN2. The first-order chi connectivity index (χ1) is 8.56. The third kappa shape index (κ3) is 3.29. The lowest BCUT2D eigenvalue weighted by molar-refractivity contribution is 0.924. The van der Waals surface area contributed by atoms with Crippen LogP contribution < -0.4 is 10.6 Å². The summed E-state index contributed by atoms with van der Waals surface area (Å²) in [4.78, 5) is 2.12. The Bertz CT molecular complexity index is 557. The molecule has 0 aliphatic rings. The van der Waals surface area contributed by atoms with Crippen molar-refractivity contribution in [1.82, 2.24) is 0 Å². The zero-order chi connectivity index (χ0) is 13.1. The molecule has 2 aromatic rings. The van der Waals surface area contributed by atoms with Gasteiger partial charge in [-0.05, 0) is 58.5 Å². The minimum atomic E-state index is 0.761. The van der Waals surface area contributed by atoms with Gasteiger partial charge in [0.25, 0.3) is 0 Å². The zero-order valence-electron chi connectivity index (χ0n) is 10.0. The second kappa shape index (κ2) is 5.80. The highest BCUT2D eigenvalue weighted by atomic mass is 127. The molecule has 2 rings (SSSR count). The molecule has 0 aliphatic heterocycles. The number of nitrogen functional groups attached to an aromatic ring is 1. The summed E-state index contributed by atoms with van der Waals surface area (Å²) in [6.45, 7) is 0.783. The molecule has 0 saturated heterocycles. The molecule has 0 unspecified atom stereocenters. The minimum Gasteiger partial charge on any atom is -0.397 e. The Morgan fingerprint density at radius 2 is 2.00 bits per heavy atom. The van der Waals surface area contributed by atoms with Crippen LogP contribution in [0, 0.1) is 3.57 Å². The standard InChI is InChI=1S/C14H14ClIN2/c1-18(9-10-3-2-4-11(15)7-10)14-6-5-12(16)8-13(14)17/h2-8H,9,17H2,1H3. The van der Waals surface area contributed by atoms with Crippen LogP contribution in [0.25, 0.3) is 0 Å². The lowest BCUT2D eigenvalue weighted by Crippen LogP contribution is -2.17. The van der Waals surface area contributed by atoms with Crippen molar-refractivity contribution in [1.29, 1.82) is 0 Å². The maximum atomic E-state index is 6.03. The molecule has 0 saturated carbocycles. The Balaban J connectivity index is 2.19. The van der Waals surface area contributed by atoms with Crippen molar-refractivity contribution in [3.63, 3.8) is 0 Å². The molecule has 18 heavy (non-hydrogen) atoms. The van der Waals surface area contributed by atoms with Gasteiger partial charge in [-0.25, -0.2) is 0 Å². The molecule has 0 atom stereocenters. The zero-order valence-corrected chi connectivity index (χ0v) is 12.9. The van der Waals surface area contributed by atoms with E-state index in [-0.39, 0.29) is 0 Å². The van der Waals surface area contributed by atoms with Gasteiger partial charge in [0, 0.05) is 22.2 Å². The topological polar surface area (TPSA) is 29.3 Å². The van der Waals surface area contributed by atoms with E-state index in [1.807, 2.05) is 37.4 Å². The van der Waals surface area contributed by atoms with Gasteiger partial charge in [0.05, 0.1) is 11.4 Å². The highest BCUT2D eigenvalue weighted by Crippen LogP contribution is 2.25. The Hall–Kier alpha value is -0.940. The Morgan fingerprint density at radius 1 is 1.22 bits per heavy atom. The van der Waals surface area contributed by atoms with Gasteiger partial charge < -0.3 is 10.6 Å². The first-order valence-electron chi connectivity index (χ1n) is 5.57. The van der Waals surface area contributed by atoms with Gasteiger partial charge in [-0.2, -0.15) is 0 Å². The van der Waals surface area contributed by atoms with Crippen molar-refractivity contribution in [2.45, 2.75) is 6.54 Å². The molecule has 0 bridgehead atoms. The van der Waals surface area contributed by atoms with Gasteiger partial charge in [0.15, 0.2) is 0 Å². The van der Waals surface area contributed by atoms with Crippen molar-refractivity contribution in [3.8, 4) is 0 Å². The normalized spacial score (nSPS) is 10.4. The number of halogens is 2. The van der Waals surface area contributed by atoms with E-state index in [1.165, 1.54) is 5.56 Å². The maximum Gasteiger partial charge on any atom is 0.0601 e. The largest absolute Gasteiger partial charge is 0.397 e. The fraction of sp³-hybridized carbons (Fsp3) is 0.143. The van der Waals surface area contributed by atoms with E-state index in [4.69, 9.17) is 17.3 Å². The van der Waals surface area contributed by atoms with Crippen molar-refractivity contribution in [2.75, 3.05) is 17.7 Å². The molecule has 4 heteroatoms. The fourth-order valence-electron chi connectivity index (χ4n) is 1.87. The van der Waals surface area contributed by atoms with Crippen LogP contribution in [0.15, 0.2) is 42.5 Å². The molecule has 2 nitrogen and oxygen atoms in total. The van der Waals surface area contributed by atoms with Gasteiger partial charge in [0.1, 0.15) is 0 Å². The number of nitrogens with two attached hydrogens (primary N) is 1. The van der Waals surface area contributed by atoms with Gasteiger partial charge >= 0.3 is 0 Å². The monoisotopic (exact) mass is 372 g/mol. The van der Waals surface area contributed by atoms with Gasteiger partial charge in [-0.3, -0.25) is 0 Å². The first-order valence-corrected chi connectivity index (χ1v) is 7.02. The predicted molar refractivity (Wildman–Crippen MR) is 87.1 cm³/mol. The summed E-state index contributed by atoms with van der Waals surface area (Å²) in [5.74, 6) is 0. The highest BCUT2D eigenvalue weighted by molar-refractivity contribution is 14.1. The predicted octanol–water partition coefficient (Wildman–Crippen LogP) is 4.16. The van der Waals surface area contributed by atoms with Crippen LogP contribution in [0.5, 0.6) is 0 Å². The number of rotatable bonds is 3. The third-order valence-corrected chi connectivity index (χ3v) is 3.62. The number of nitrogens with zero attached hydrogens (tertiary/aromatic N) is 1. The van der Waals surface area contributed by atoms with Crippen molar-refractivity contribution >= 4 is 45.6 Å². The Morgan fingerprint density at radius 3 is 2.67 bits per heavy atom. The lowest BCUT2D eigenvalue weighted by atomic mass is 10.2. The lowest BCUT2D eigenvalue weighted by Gasteiger charge is -2.21. The molecule has 0 spiro atoms. The van der Waals surface area contributed by atoms with Gasteiger partial charge in [-0.1, -0.05) is 23.7 Å². The Kier molecular flexibility index (Phi) is 4.35. The first kappa shape index (κ1) is 13.5. The van der Waals surface area contributed by atoms with E-state index in [9.17, 15) is 0 Å². The average Bonchev–Trinajstić information content (AvgIpc) is 2.28. The summed E-state index contributed by atoms with van der Waals surface area (Å²) < 4.78 is 1.14. The van der Waals surface area contributed by atoms with E-state index in [0.29, 0.717) is 0 Å². The third-order valence-electron chi connectivity index (χ3n) is 2.71. The average molecular weight is 373 g/mol. The minimum absolute atomic E-state index is 0.761. The summed E-state index contributed by atoms with van der Waals surface area (Å²) in [7, 11) is 2.03. The molecule has 0 heterocycles. The molecule has 2 aromatic carbocycles. The van der Waals surface area contributed by atoms with Gasteiger partial charge in [0.2, 0.25) is 0 Å². The molecule has 2 N–H and O–H groups in total. The highest BCUT2D eigenvalue weighted by Gasteiger charge is 2.06. The van der Waals surface area contributed by atoms with E-state index in [2.05, 4.69) is 39.6 Å². The summed E-state index contributed by atoms with van der Waals surface area (Å²) >= 11 is 8.24. The second-order valence-electron chi connectivity index (χ2n) is 4.19. The number of anilines is 2. The van der Waals surface area contributed by atoms with E-state index in [0.717, 1.165) is 26.5 Å². The van der Waals surface area contributed by atoms with E-state index >= 15 is 0 Å². The summed E-state index contributed by atoms with van der Waals surface area (Å²) in [5.41, 5.74) is 9.04. The number of benzene rings is 2. The quantitative estimate of drug-likeness (QED) is 0.647. The second-order valence-corrected chi connectivity index (χ2v) is 5.87. The van der Waals surface area contributed by atoms with Gasteiger partial charge in [-0.15, -0.1) is 0 Å². The van der Waals surface area contributed by atoms with Crippen molar-refractivity contribution < 1.29 is 0 Å². The summed E-state index contributed by atoms with van der Waals surface area (Å²) in [6, 6.07) is 14.0. The molecule has 0 amide bonds. The molecule has 0 aromatic heterocycles. The molecular weight excluding hydrogens is 359 g/mol. The Labute approximate surface area is 126 Å². The van der Waals surface area contributed by atoms with Crippen LogP contribution in [0.2, 0.25) is 5.02 Å².